The molecule has 0 aliphatic heterocycles. The zero-order valence-electron chi connectivity index (χ0n) is 16.7. The highest BCUT2D eigenvalue weighted by Crippen LogP contribution is 2.55. The third-order valence-electron chi connectivity index (χ3n) is 7.02. The summed E-state index contributed by atoms with van der Waals surface area (Å²) < 4.78 is 13.4. The van der Waals surface area contributed by atoms with E-state index in [1.54, 1.807) is 20.0 Å². The molecule has 0 heterocycles. The van der Waals surface area contributed by atoms with Crippen molar-refractivity contribution in [1.29, 1.82) is 0 Å². The molecule has 28 heavy (non-hydrogen) atoms. The monoisotopic (exact) mass is 387 g/mol. The summed E-state index contributed by atoms with van der Waals surface area (Å²) in [5.74, 6) is 1.58. The Bertz CT molecular complexity index is 731. The molecule has 0 aromatic heterocycles. The maximum Gasteiger partial charge on any atom is 0.321 e. The highest BCUT2D eigenvalue weighted by atomic mass is 19.1. The highest BCUT2D eigenvalue weighted by Gasteiger charge is 2.51. The van der Waals surface area contributed by atoms with Gasteiger partial charge in [0.25, 0.3) is 0 Å². The Morgan fingerprint density at radius 2 is 1.79 bits per heavy atom. The average molecular weight is 387 g/mol. The minimum absolute atomic E-state index is 0.115. The summed E-state index contributed by atoms with van der Waals surface area (Å²) in [5, 5.41) is 5.70. The van der Waals surface area contributed by atoms with E-state index in [1.165, 1.54) is 31.4 Å². The molecule has 4 fully saturated rings. The van der Waals surface area contributed by atoms with Crippen LogP contribution in [0.5, 0.6) is 0 Å². The lowest BCUT2D eigenvalue weighted by Crippen LogP contribution is -2.62. The molecule has 0 unspecified atom stereocenters. The maximum atomic E-state index is 13.4. The van der Waals surface area contributed by atoms with Crippen LogP contribution in [-0.2, 0) is 11.3 Å². The van der Waals surface area contributed by atoms with E-state index in [-0.39, 0.29) is 23.3 Å². The van der Waals surface area contributed by atoms with Gasteiger partial charge in [0.1, 0.15) is 5.82 Å². The molecular formula is C22H30FN3O2. The number of nitrogens with one attached hydrogen (secondary N) is 2. The molecule has 3 amide bonds. The Balaban J connectivity index is 1.31. The third kappa shape index (κ3) is 4.07. The van der Waals surface area contributed by atoms with Gasteiger partial charge in [0.15, 0.2) is 0 Å². The topological polar surface area (TPSA) is 61.4 Å². The van der Waals surface area contributed by atoms with Crippen molar-refractivity contribution in [3.05, 3.63) is 35.6 Å². The molecular weight excluding hydrogens is 357 g/mol. The Kier molecular flexibility index (Phi) is 5.17. The summed E-state index contributed by atoms with van der Waals surface area (Å²) in [4.78, 5) is 26.9. The van der Waals surface area contributed by atoms with Gasteiger partial charge in [-0.15, -0.1) is 0 Å². The van der Waals surface area contributed by atoms with E-state index in [2.05, 4.69) is 10.6 Å². The highest BCUT2D eigenvalue weighted by molar-refractivity contribution is 5.97. The Hall–Kier alpha value is -1.95. The van der Waals surface area contributed by atoms with Crippen molar-refractivity contribution in [1.82, 2.24) is 15.5 Å². The number of hydrogen-bond acceptors (Lipinski definition) is 3. The molecule has 0 saturated heterocycles. The molecule has 152 valence electrons. The van der Waals surface area contributed by atoms with Crippen LogP contribution in [0.4, 0.5) is 9.18 Å². The number of carbonyl (C=O) groups is 2. The Morgan fingerprint density at radius 3 is 2.36 bits per heavy atom. The summed E-state index contributed by atoms with van der Waals surface area (Å²) >= 11 is 0. The van der Waals surface area contributed by atoms with Crippen LogP contribution in [0.25, 0.3) is 0 Å². The first kappa shape index (κ1) is 19.4. The fourth-order valence-corrected chi connectivity index (χ4v) is 6.01. The average Bonchev–Trinajstić information content (AvgIpc) is 2.59. The zero-order valence-corrected chi connectivity index (χ0v) is 16.7. The van der Waals surface area contributed by atoms with Crippen molar-refractivity contribution in [2.75, 3.05) is 7.05 Å². The second-order valence-corrected chi connectivity index (χ2v) is 9.36. The Morgan fingerprint density at radius 1 is 1.18 bits per heavy atom. The smallest absolute Gasteiger partial charge is 0.321 e. The molecule has 1 aromatic rings. The van der Waals surface area contributed by atoms with Gasteiger partial charge in [-0.05, 0) is 87.9 Å². The fraction of sp³-hybridized carbons (Fsp3) is 0.636. The molecule has 5 nitrogen and oxygen atoms in total. The number of hydrogen-bond donors (Lipinski definition) is 2. The lowest BCUT2D eigenvalue weighted by molar-refractivity contribution is -0.124. The van der Waals surface area contributed by atoms with Crippen LogP contribution < -0.4 is 10.6 Å². The van der Waals surface area contributed by atoms with Crippen LogP contribution in [-0.4, -0.2) is 35.5 Å². The Labute approximate surface area is 166 Å². The number of carbonyl (C=O) groups excluding carboxylic acids is 2. The summed E-state index contributed by atoms with van der Waals surface area (Å²) in [6.45, 7) is 2.19. The number of benzene rings is 1. The zero-order chi connectivity index (χ0) is 19.9. The van der Waals surface area contributed by atoms with Crippen molar-refractivity contribution in [2.24, 2.45) is 17.8 Å². The number of imide groups is 1. The van der Waals surface area contributed by atoms with Gasteiger partial charge in [-0.25, -0.2) is 9.18 Å². The first-order valence-electron chi connectivity index (χ1n) is 10.4. The van der Waals surface area contributed by atoms with Crippen LogP contribution in [0.3, 0.4) is 0 Å². The molecule has 2 N–H and O–H groups in total. The SMILES string of the molecule is C[C@@H](C(=O)NC(=O)NC12CC3CC(CC(C3)C1)C2)N(C)Cc1cccc(F)c1. The summed E-state index contributed by atoms with van der Waals surface area (Å²) in [6.07, 6.45) is 7.08. The van der Waals surface area contributed by atoms with Gasteiger partial charge in [0, 0.05) is 12.1 Å². The maximum absolute atomic E-state index is 13.4. The molecule has 0 spiro atoms. The number of nitrogens with zero attached hydrogens (tertiary/aromatic N) is 1. The van der Waals surface area contributed by atoms with E-state index in [4.69, 9.17) is 0 Å². The first-order valence-corrected chi connectivity index (χ1v) is 10.4. The van der Waals surface area contributed by atoms with Crippen molar-refractivity contribution in [3.8, 4) is 0 Å². The van der Waals surface area contributed by atoms with Crippen LogP contribution in [0.2, 0.25) is 0 Å². The van der Waals surface area contributed by atoms with Gasteiger partial charge in [0.2, 0.25) is 5.91 Å². The van der Waals surface area contributed by atoms with Crippen molar-refractivity contribution < 1.29 is 14.0 Å². The van der Waals surface area contributed by atoms with Gasteiger partial charge in [0.05, 0.1) is 6.04 Å². The second-order valence-electron chi connectivity index (χ2n) is 9.36. The first-order chi connectivity index (χ1) is 13.3. The normalized spacial score (nSPS) is 31.6. The third-order valence-corrected chi connectivity index (χ3v) is 7.02. The van der Waals surface area contributed by atoms with Gasteiger partial charge in [-0.3, -0.25) is 15.0 Å². The minimum Gasteiger partial charge on any atom is -0.332 e. The van der Waals surface area contributed by atoms with E-state index in [9.17, 15) is 14.0 Å². The molecule has 6 heteroatoms. The van der Waals surface area contributed by atoms with Gasteiger partial charge in [-0.1, -0.05) is 12.1 Å². The van der Waals surface area contributed by atoms with E-state index in [0.29, 0.717) is 6.54 Å². The van der Waals surface area contributed by atoms with E-state index in [0.717, 1.165) is 42.6 Å². The van der Waals surface area contributed by atoms with Crippen LogP contribution >= 0.6 is 0 Å². The number of urea groups is 1. The summed E-state index contributed by atoms with van der Waals surface area (Å²) in [6, 6.07) is 5.46. The van der Waals surface area contributed by atoms with Crippen molar-refractivity contribution >= 4 is 11.9 Å². The molecule has 0 radical (unpaired) electrons. The molecule has 5 rings (SSSR count). The van der Waals surface area contributed by atoms with Crippen molar-refractivity contribution in [2.45, 2.75) is 63.6 Å². The molecule has 4 aliphatic carbocycles. The lowest BCUT2D eigenvalue weighted by atomic mass is 9.53. The standard InChI is InChI=1S/C22H30FN3O2/c1-14(26(2)13-15-4-3-5-19(23)9-15)20(27)24-21(28)25-22-10-16-6-17(11-22)8-18(7-16)12-22/h3-5,9,14,16-18H,6-8,10-13H2,1-2H3,(H2,24,25,27,28)/t14-,16?,17?,18?,22?/m0/s1. The number of likely N-dealkylation sites (N-methyl/N-ethyl adjacent to an activating group) is 1. The molecule has 4 saturated carbocycles. The predicted octanol–water partition coefficient (Wildman–Crippen LogP) is 3.44. The molecule has 1 atom stereocenters. The fourth-order valence-electron chi connectivity index (χ4n) is 6.01. The van der Waals surface area contributed by atoms with E-state index < -0.39 is 6.04 Å². The van der Waals surface area contributed by atoms with E-state index in [1.807, 2.05) is 11.0 Å². The van der Waals surface area contributed by atoms with Gasteiger partial charge < -0.3 is 5.32 Å². The van der Waals surface area contributed by atoms with Gasteiger partial charge >= 0.3 is 6.03 Å². The van der Waals surface area contributed by atoms with Crippen LogP contribution in [0.15, 0.2) is 24.3 Å². The number of amides is 3. The number of halogens is 1. The molecule has 4 aliphatic rings. The largest absolute Gasteiger partial charge is 0.332 e. The lowest BCUT2D eigenvalue weighted by Gasteiger charge is -2.56. The predicted molar refractivity (Wildman–Crippen MR) is 105 cm³/mol. The second kappa shape index (κ2) is 7.47. The van der Waals surface area contributed by atoms with Crippen LogP contribution in [0, 0.1) is 23.6 Å². The molecule has 1 aromatic carbocycles. The molecule has 4 bridgehead atoms. The number of rotatable bonds is 5. The quantitative estimate of drug-likeness (QED) is 0.814. The van der Waals surface area contributed by atoms with E-state index >= 15 is 0 Å². The summed E-state index contributed by atoms with van der Waals surface area (Å²) in [7, 11) is 1.80. The summed E-state index contributed by atoms with van der Waals surface area (Å²) in [5.41, 5.74) is 0.677. The minimum atomic E-state index is -0.495. The van der Waals surface area contributed by atoms with Gasteiger partial charge in [-0.2, -0.15) is 0 Å². The van der Waals surface area contributed by atoms with Crippen LogP contribution in [0.1, 0.15) is 51.0 Å². The van der Waals surface area contributed by atoms with Crippen molar-refractivity contribution in [3.63, 3.8) is 0 Å².